The molecule has 0 aromatic heterocycles. The molecule has 0 aliphatic carbocycles. The third-order valence-electron chi connectivity index (χ3n) is 3.38. The first-order chi connectivity index (χ1) is 10.1. The molecule has 0 aliphatic rings. The Morgan fingerprint density at radius 2 is 1.24 bits per heavy atom. The molecule has 2 aromatic carbocycles. The number of hydrogen-bond donors (Lipinski definition) is 0. The van der Waals surface area contributed by atoms with Crippen molar-refractivity contribution in [1.82, 2.24) is 0 Å². The van der Waals surface area contributed by atoms with Crippen molar-refractivity contribution in [2.45, 2.75) is 39.0 Å². The minimum atomic E-state index is -0.292. The van der Waals surface area contributed by atoms with Crippen LogP contribution in [0.2, 0.25) is 0 Å². The van der Waals surface area contributed by atoms with Crippen molar-refractivity contribution < 1.29 is 0 Å². The molecule has 110 valence electrons. The van der Waals surface area contributed by atoms with E-state index in [1.807, 2.05) is 6.07 Å². The fraction of sp³-hybridized carbons (Fsp3) is 0.316. The first-order valence-electron chi connectivity index (χ1n) is 7.57. The van der Waals surface area contributed by atoms with Crippen molar-refractivity contribution in [3.63, 3.8) is 0 Å². The molecule has 0 unspecified atom stereocenters. The Labute approximate surface area is 129 Å². The van der Waals surface area contributed by atoms with Gasteiger partial charge in [0.2, 0.25) is 0 Å². The number of para-hydroxylation sites is 1. The summed E-state index contributed by atoms with van der Waals surface area (Å²) in [6.45, 7) is 9.26. The third kappa shape index (κ3) is 4.25. The SMILES string of the molecule is CC(C)P(C(=Nc1ccccc1)c1ccccc1)C(C)C. The molecule has 2 rings (SSSR count). The van der Waals surface area contributed by atoms with E-state index < -0.39 is 0 Å². The normalized spacial score (nSPS) is 12.4. The van der Waals surface area contributed by atoms with Crippen LogP contribution in [0.3, 0.4) is 0 Å². The Hall–Kier alpha value is -1.46. The highest BCUT2D eigenvalue weighted by molar-refractivity contribution is 7.77. The van der Waals surface area contributed by atoms with Gasteiger partial charge in [-0.1, -0.05) is 76.2 Å². The topological polar surface area (TPSA) is 12.4 Å². The fourth-order valence-electron chi connectivity index (χ4n) is 2.57. The number of hydrogen-bond acceptors (Lipinski definition) is 1. The lowest BCUT2D eigenvalue weighted by molar-refractivity contribution is 1.02. The monoisotopic (exact) mass is 297 g/mol. The van der Waals surface area contributed by atoms with Gasteiger partial charge in [0.25, 0.3) is 0 Å². The van der Waals surface area contributed by atoms with Crippen LogP contribution in [-0.2, 0) is 0 Å². The van der Waals surface area contributed by atoms with Crippen molar-refractivity contribution >= 4 is 19.1 Å². The van der Waals surface area contributed by atoms with E-state index in [4.69, 9.17) is 4.99 Å². The highest BCUT2D eigenvalue weighted by Crippen LogP contribution is 2.50. The molecule has 0 N–H and O–H groups in total. The van der Waals surface area contributed by atoms with Gasteiger partial charge in [-0.15, -0.1) is 0 Å². The van der Waals surface area contributed by atoms with E-state index in [1.165, 1.54) is 11.0 Å². The molecule has 2 aromatic rings. The van der Waals surface area contributed by atoms with Gasteiger partial charge < -0.3 is 0 Å². The number of aliphatic imine (C=N–C) groups is 1. The van der Waals surface area contributed by atoms with Crippen LogP contribution in [0.5, 0.6) is 0 Å². The first kappa shape index (κ1) is 15.9. The van der Waals surface area contributed by atoms with Crippen molar-refractivity contribution in [3.8, 4) is 0 Å². The summed E-state index contributed by atoms with van der Waals surface area (Å²) >= 11 is 0. The molecule has 0 amide bonds. The minimum absolute atomic E-state index is 0.292. The lowest BCUT2D eigenvalue weighted by Crippen LogP contribution is -2.13. The van der Waals surface area contributed by atoms with Gasteiger partial charge in [-0.05, 0) is 31.4 Å². The van der Waals surface area contributed by atoms with Gasteiger partial charge >= 0.3 is 0 Å². The first-order valence-corrected chi connectivity index (χ1v) is 9.05. The fourth-order valence-corrected chi connectivity index (χ4v) is 5.42. The van der Waals surface area contributed by atoms with Crippen LogP contribution in [0.4, 0.5) is 5.69 Å². The second-order valence-electron chi connectivity index (χ2n) is 5.73. The van der Waals surface area contributed by atoms with Crippen LogP contribution in [-0.4, -0.2) is 16.8 Å². The number of benzene rings is 2. The lowest BCUT2D eigenvalue weighted by atomic mass is 10.2. The van der Waals surface area contributed by atoms with E-state index >= 15 is 0 Å². The standard InChI is InChI=1S/C19H24NP/c1-15(2)21(16(3)4)19(17-11-7-5-8-12-17)20-18-13-9-6-10-14-18/h5-16H,1-4H3. The molecule has 0 fully saturated rings. The predicted molar refractivity (Wildman–Crippen MR) is 96.3 cm³/mol. The van der Waals surface area contributed by atoms with Crippen LogP contribution in [0.25, 0.3) is 0 Å². The molecule has 0 aliphatic heterocycles. The second-order valence-corrected chi connectivity index (χ2v) is 9.04. The molecule has 0 saturated heterocycles. The van der Waals surface area contributed by atoms with Crippen molar-refractivity contribution in [2.75, 3.05) is 0 Å². The minimum Gasteiger partial charge on any atom is -0.248 e. The zero-order valence-corrected chi connectivity index (χ0v) is 14.2. The van der Waals surface area contributed by atoms with Crippen LogP contribution >= 0.6 is 7.92 Å². The molecule has 0 radical (unpaired) electrons. The van der Waals surface area contributed by atoms with Gasteiger partial charge in [0.05, 0.1) is 11.1 Å². The quantitative estimate of drug-likeness (QED) is 0.469. The smallest absolute Gasteiger partial charge is 0.0715 e. The average Bonchev–Trinajstić information content (AvgIpc) is 2.48. The van der Waals surface area contributed by atoms with Crippen LogP contribution in [0.1, 0.15) is 33.3 Å². The summed E-state index contributed by atoms with van der Waals surface area (Å²) in [7, 11) is -0.292. The maximum absolute atomic E-state index is 5.02. The van der Waals surface area contributed by atoms with Crippen molar-refractivity contribution in [3.05, 3.63) is 66.2 Å². The Morgan fingerprint density at radius 3 is 1.71 bits per heavy atom. The molecular weight excluding hydrogens is 273 g/mol. The summed E-state index contributed by atoms with van der Waals surface area (Å²) in [4.78, 5) is 5.02. The molecule has 21 heavy (non-hydrogen) atoms. The van der Waals surface area contributed by atoms with E-state index in [9.17, 15) is 0 Å². The Bertz CT molecular complexity index is 565. The van der Waals surface area contributed by atoms with E-state index in [1.54, 1.807) is 0 Å². The van der Waals surface area contributed by atoms with Gasteiger partial charge in [0.1, 0.15) is 0 Å². The highest BCUT2D eigenvalue weighted by Gasteiger charge is 2.24. The Balaban J connectivity index is 2.52. The van der Waals surface area contributed by atoms with Crippen molar-refractivity contribution in [1.29, 1.82) is 0 Å². The van der Waals surface area contributed by atoms with Gasteiger partial charge in [-0.2, -0.15) is 0 Å². The lowest BCUT2D eigenvalue weighted by Gasteiger charge is -2.27. The van der Waals surface area contributed by atoms with Gasteiger partial charge in [-0.3, -0.25) is 0 Å². The average molecular weight is 297 g/mol. The van der Waals surface area contributed by atoms with Crippen LogP contribution in [0.15, 0.2) is 65.7 Å². The summed E-state index contributed by atoms with van der Waals surface area (Å²) in [5.74, 6) is 0. The van der Waals surface area contributed by atoms with E-state index in [0.29, 0.717) is 11.3 Å². The van der Waals surface area contributed by atoms with Gasteiger partial charge in [0.15, 0.2) is 0 Å². The zero-order chi connectivity index (χ0) is 15.2. The van der Waals surface area contributed by atoms with Gasteiger partial charge in [-0.25, -0.2) is 4.99 Å². The molecule has 2 heteroatoms. The molecular formula is C19H24NP. The molecule has 1 nitrogen and oxygen atoms in total. The highest BCUT2D eigenvalue weighted by atomic mass is 31.1. The summed E-state index contributed by atoms with van der Waals surface area (Å²) in [6.07, 6.45) is 0. The van der Waals surface area contributed by atoms with Crippen molar-refractivity contribution in [2.24, 2.45) is 4.99 Å². The molecule has 0 atom stereocenters. The summed E-state index contributed by atoms with van der Waals surface area (Å²) in [6, 6.07) is 20.9. The van der Waals surface area contributed by atoms with Crippen LogP contribution < -0.4 is 0 Å². The third-order valence-corrected chi connectivity index (χ3v) is 6.45. The molecule has 0 heterocycles. The van der Waals surface area contributed by atoms with E-state index in [0.717, 1.165) is 5.69 Å². The maximum Gasteiger partial charge on any atom is 0.0715 e. The van der Waals surface area contributed by atoms with Gasteiger partial charge in [0, 0.05) is 5.56 Å². The summed E-state index contributed by atoms with van der Waals surface area (Å²) < 4.78 is 0. The molecule has 0 bridgehead atoms. The number of nitrogens with zero attached hydrogens (tertiary/aromatic N) is 1. The van der Waals surface area contributed by atoms with Crippen LogP contribution in [0, 0.1) is 0 Å². The largest absolute Gasteiger partial charge is 0.248 e. The number of rotatable bonds is 5. The summed E-state index contributed by atoms with van der Waals surface area (Å²) in [5, 5.41) is 0. The second kappa shape index (κ2) is 7.52. The van der Waals surface area contributed by atoms with E-state index in [2.05, 4.69) is 82.3 Å². The maximum atomic E-state index is 5.02. The predicted octanol–water partition coefficient (Wildman–Crippen LogP) is 6.06. The molecule has 0 spiro atoms. The zero-order valence-electron chi connectivity index (χ0n) is 13.3. The molecule has 0 saturated carbocycles. The Morgan fingerprint density at radius 1 is 0.762 bits per heavy atom. The summed E-state index contributed by atoms with van der Waals surface area (Å²) in [5.41, 5.74) is 4.83. The Kier molecular flexibility index (Phi) is 5.70. The van der Waals surface area contributed by atoms with E-state index in [-0.39, 0.29) is 7.92 Å².